The summed E-state index contributed by atoms with van der Waals surface area (Å²) >= 11 is 0. The van der Waals surface area contributed by atoms with Crippen LogP contribution in [0.4, 0.5) is 0 Å². The number of aliphatic hydroxyl groups is 1. The lowest BCUT2D eigenvalue weighted by Crippen LogP contribution is -2.30. The highest BCUT2D eigenvalue weighted by molar-refractivity contribution is 7.47. The topological polar surface area (TPSA) is 155 Å². The second kappa shape index (κ2) is 57.8. The molecular formula is C64H111O11P. The molecular weight excluding hydrogens is 976 g/mol. The summed E-state index contributed by atoms with van der Waals surface area (Å²) in [7, 11) is -4.76. The molecule has 12 heteroatoms. The summed E-state index contributed by atoms with van der Waals surface area (Å²) in [6.07, 6.45) is 66.7. The van der Waals surface area contributed by atoms with E-state index < -0.39 is 57.8 Å². The summed E-state index contributed by atoms with van der Waals surface area (Å²) < 4.78 is 39.6. The van der Waals surface area contributed by atoms with E-state index in [0.29, 0.717) is 19.3 Å². The zero-order valence-corrected chi connectivity index (χ0v) is 49.3. The minimum absolute atomic E-state index is 0.138. The van der Waals surface area contributed by atoms with Crippen molar-refractivity contribution in [3.05, 3.63) is 85.1 Å². The van der Waals surface area contributed by atoms with Crippen LogP contribution in [0.3, 0.4) is 0 Å². The molecule has 0 fully saturated rings. The number of carbonyl (C=O) groups excluding carboxylic acids is 3. The van der Waals surface area contributed by atoms with Gasteiger partial charge in [-0.05, 0) is 89.9 Å². The van der Waals surface area contributed by atoms with Crippen LogP contribution in [0.15, 0.2) is 85.1 Å². The van der Waals surface area contributed by atoms with Gasteiger partial charge in [-0.15, -0.1) is 0 Å². The van der Waals surface area contributed by atoms with Crippen molar-refractivity contribution < 1.29 is 52.2 Å². The molecule has 2 N–H and O–H groups in total. The van der Waals surface area contributed by atoms with Crippen LogP contribution in [-0.2, 0) is 42.2 Å². The molecule has 0 saturated carbocycles. The number of ether oxygens (including phenoxy) is 3. The van der Waals surface area contributed by atoms with Gasteiger partial charge in [-0.3, -0.25) is 23.4 Å². The van der Waals surface area contributed by atoms with E-state index in [0.717, 1.165) is 122 Å². The van der Waals surface area contributed by atoms with E-state index in [1.54, 1.807) is 0 Å². The van der Waals surface area contributed by atoms with Crippen LogP contribution in [0.25, 0.3) is 0 Å². The molecule has 0 aliphatic heterocycles. The van der Waals surface area contributed by atoms with Gasteiger partial charge >= 0.3 is 25.7 Å². The Kier molecular flexibility index (Phi) is 55.3. The molecule has 0 amide bonds. The molecule has 438 valence electrons. The Balaban J connectivity index is 4.74. The summed E-state index contributed by atoms with van der Waals surface area (Å²) in [4.78, 5) is 48.7. The first-order valence-electron chi connectivity index (χ1n) is 30.5. The van der Waals surface area contributed by atoms with Crippen LogP contribution in [0, 0.1) is 0 Å². The molecule has 11 nitrogen and oxygen atoms in total. The summed E-state index contributed by atoms with van der Waals surface area (Å²) in [5.41, 5.74) is 0. The number of phosphoric acid groups is 1. The van der Waals surface area contributed by atoms with Crippen molar-refractivity contribution in [2.24, 2.45) is 0 Å². The molecule has 0 rings (SSSR count). The van der Waals surface area contributed by atoms with Crippen LogP contribution in [0.5, 0.6) is 0 Å². The molecule has 0 saturated heterocycles. The minimum atomic E-state index is -4.76. The molecule has 0 aliphatic rings. The molecule has 3 atom stereocenters. The fourth-order valence-electron chi connectivity index (χ4n) is 8.25. The third-order valence-electron chi connectivity index (χ3n) is 12.8. The van der Waals surface area contributed by atoms with Crippen molar-refractivity contribution in [2.45, 2.75) is 277 Å². The van der Waals surface area contributed by atoms with Gasteiger partial charge in [0.1, 0.15) is 12.7 Å². The number of carbonyl (C=O) groups is 3. The lowest BCUT2D eigenvalue weighted by atomic mass is 10.0. The number of hydrogen-bond donors (Lipinski definition) is 2. The van der Waals surface area contributed by atoms with E-state index in [4.69, 9.17) is 23.3 Å². The highest BCUT2D eigenvalue weighted by atomic mass is 31.2. The first kappa shape index (κ1) is 72.7. The number of phosphoric ester groups is 1. The quantitative estimate of drug-likeness (QED) is 0.0197. The molecule has 0 spiro atoms. The van der Waals surface area contributed by atoms with E-state index >= 15 is 0 Å². The van der Waals surface area contributed by atoms with Crippen LogP contribution in [-0.4, -0.2) is 66.5 Å². The molecule has 0 aromatic rings. The van der Waals surface area contributed by atoms with Crippen molar-refractivity contribution in [2.75, 3.05) is 26.4 Å². The second-order valence-electron chi connectivity index (χ2n) is 20.1. The van der Waals surface area contributed by atoms with Gasteiger partial charge in [-0.2, -0.15) is 0 Å². The summed E-state index contributed by atoms with van der Waals surface area (Å²) in [5, 5.41) is 9.84. The zero-order valence-electron chi connectivity index (χ0n) is 48.5. The lowest BCUT2D eigenvalue weighted by Gasteiger charge is -2.21. The fourth-order valence-corrected chi connectivity index (χ4v) is 9.03. The van der Waals surface area contributed by atoms with E-state index in [9.17, 15) is 28.9 Å². The van der Waals surface area contributed by atoms with Gasteiger partial charge < -0.3 is 24.2 Å². The molecule has 3 unspecified atom stereocenters. The number of allylic oxidation sites excluding steroid dienone is 14. The van der Waals surface area contributed by atoms with Crippen molar-refractivity contribution in [1.29, 1.82) is 0 Å². The Labute approximate surface area is 464 Å². The average Bonchev–Trinajstić information content (AvgIpc) is 3.41. The maximum absolute atomic E-state index is 12.9. The van der Waals surface area contributed by atoms with Gasteiger partial charge in [0, 0.05) is 19.3 Å². The summed E-state index contributed by atoms with van der Waals surface area (Å²) in [6.45, 7) is 4.41. The third kappa shape index (κ3) is 55.4. The highest BCUT2D eigenvalue weighted by Crippen LogP contribution is 2.43. The summed E-state index contributed by atoms with van der Waals surface area (Å²) in [6, 6.07) is 0. The molecule has 76 heavy (non-hydrogen) atoms. The van der Waals surface area contributed by atoms with E-state index in [-0.39, 0.29) is 25.9 Å². The van der Waals surface area contributed by atoms with Crippen molar-refractivity contribution in [1.82, 2.24) is 0 Å². The van der Waals surface area contributed by atoms with Gasteiger partial charge in [-0.25, -0.2) is 4.57 Å². The largest absolute Gasteiger partial charge is 0.472 e. The number of esters is 3. The third-order valence-corrected chi connectivity index (χ3v) is 13.8. The molecule has 0 heterocycles. The van der Waals surface area contributed by atoms with E-state index in [1.165, 1.54) is 83.5 Å². The molecule has 0 radical (unpaired) electrons. The molecule has 0 aromatic carbocycles. The van der Waals surface area contributed by atoms with Gasteiger partial charge in [0.2, 0.25) is 0 Å². The second-order valence-corrected chi connectivity index (χ2v) is 21.6. The van der Waals surface area contributed by atoms with E-state index in [2.05, 4.69) is 106 Å². The number of aliphatic hydroxyl groups excluding tert-OH is 1. The number of rotatable bonds is 56. The van der Waals surface area contributed by atoms with Crippen LogP contribution >= 0.6 is 7.82 Å². The number of hydrogen-bond acceptors (Lipinski definition) is 10. The van der Waals surface area contributed by atoms with Crippen LogP contribution in [0.1, 0.15) is 265 Å². The monoisotopic (exact) mass is 1090 g/mol. The zero-order chi connectivity index (χ0) is 55.5. The molecule has 0 aliphatic carbocycles. The minimum Gasteiger partial charge on any atom is -0.462 e. The Morgan fingerprint density at radius 3 is 1.05 bits per heavy atom. The maximum Gasteiger partial charge on any atom is 0.472 e. The van der Waals surface area contributed by atoms with Gasteiger partial charge in [0.15, 0.2) is 6.10 Å². The van der Waals surface area contributed by atoms with Crippen molar-refractivity contribution in [3.63, 3.8) is 0 Å². The maximum atomic E-state index is 12.9. The predicted molar refractivity (Wildman–Crippen MR) is 316 cm³/mol. The van der Waals surface area contributed by atoms with Gasteiger partial charge in [-0.1, -0.05) is 241 Å². The van der Waals surface area contributed by atoms with Crippen LogP contribution < -0.4 is 0 Å². The molecule has 0 aromatic heterocycles. The average molecular weight is 1090 g/mol. The Morgan fingerprint density at radius 1 is 0.382 bits per heavy atom. The Hall–Kier alpha value is -3.34. The Bertz CT molecular complexity index is 1600. The smallest absolute Gasteiger partial charge is 0.462 e. The SMILES string of the molecule is CC/C=C\C/C=C\C/C=C\C/C=C\CCCCCCC(=O)OC(COC(=O)CCCCCCCCCCCCCCCCC)COP(=O)(O)OCC(CO)OC(=O)CCCCCCCCC/C=C\C/C=C\C/C=C\CC. The normalized spacial score (nSPS) is 13.9. The van der Waals surface area contributed by atoms with E-state index in [1.807, 2.05) is 0 Å². The summed E-state index contributed by atoms with van der Waals surface area (Å²) in [5.74, 6) is -1.50. The predicted octanol–water partition coefficient (Wildman–Crippen LogP) is 18.3. The standard InChI is InChI=1S/C64H111O11P/c1-4-7-10-13-16-19-22-25-28-30-33-36-39-42-45-48-51-54-63(67)74-60(56-65)58-72-76(69,70)73-59-61(57-71-62(66)53-50-47-44-41-38-35-32-27-24-21-18-15-12-9-6-3)75-64(68)55-52-49-46-43-40-37-34-31-29-26-23-20-17-14-11-8-5-2/h7-8,10-11,16-17,19-20,25-26,28-29,34,37,60-61,65H,4-6,9,12-15,18,21-24,27,30-33,35-36,38-59H2,1-3H3,(H,69,70)/b10-7-,11-8-,19-16-,20-17-,28-25-,29-26-,37-34-. The lowest BCUT2D eigenvalue weighted by molar-refractivity contribution is -0.161. The first-order valence-corrected chi connectivity index (χ1v) is 32.0. The van der Waals surface area contributed by atoms with Crippen LogP contribution in [0.2, 0.25) is 0 Å². The highest BCUT2D eigenvalue weighted by Gasteiger charge is 2.28. The fraction of sp³-hybridized carbons (Fsp3) is 0.734. The number of unbranched alkanes of at least 4 members (excludes halogenated alkanes) is 25. The Morgan fingerprint density at radius 2 is 0.684 bits per heavy atom. The molecule has 0 bridgehead atoms. The van der Waals surface area contributed by atoms with Crippen molar-refractivity contribution >= 4 is 25.7 Å². The first-order chi connectivity index (χ1) is 37.2. The van der Waals surface area contributed by atoms with Crippen molar-refractivity contribution in [3.8, 4) is 0 Å². The van der Waals surface area contributed by atoms with Gasteiger partial charge in [0.05, 0.1) is 19.8 Å². The van der Waals surface area contributed by atoms with Gasteiger partial charge in [0.25, 0.3) is 0 Å².